The van der Waals surface area contributed by atoms with Crippen LogP contribution in [0, 0.1) is 20.8 Å². The Kier molecular flexibility index (Phi) is 4.35. The minimum atomic E-state index is -0.951. The second-order valence-corrected chi connectivity index (χ2v) is 5.68. The Labute approximate surface area is 114 Å². The molecule has 1 aromatic carbocycles. The summed E-state index contributed by atoms with van der Waals surface area (Å²) in [7, 11) is 0. The van der Waals surface area contributed by atoms with E-state index in [0.717, 1.165) is 0 Å². The van der Waals surface area contributed by atoms with Crippen molar-refractivity contribution in [3.63, 3.8) is 0 Å². The van der Waals surface area contributed by atoms with Gasteiger partial charge in [-0.3, -0.25) is 9.59 Å². The molecule has 0 atom stereocenters. The second-order valence-electron chi connectivity index (χ2n) is 5.68. The lowest BCUT2D eigenvalue weighted by Crippen LogP contribution is -2.42. The van der Waals surface area contributed by atoms with Crippen LogP contribution in [-0.4, -0.2) is 18.4 Å². The van der Waals surface area contributed by atoms with Crippen LogP contribution in [-0.2, 0) is 15.0 Å². The molecule has 0 unspecified atom stereocenters. The number of rotatable bonds is 3. The van der Waals surface area contributed by atoms with Gasteiger partial charge in [-0.1, -0.05) is 26.0 Å². The quantitative estimate of drug-likeness (QED) is 0.810. The van der Waals surface area contributed by atoms with E-state index in [9.17, 15) is 9.59 Å². The second kappa shape index (κ2) is 5.43. The highest BCUT2D eigenvalue weighted by atomic mass is 16.2. The molecular formula is C15H22N2O2. The Bertz CT molecular complexity index is 519. The number of carbonyl (C=O) groups is 2. The summed E-state index contributed by atoms with van der Waals surface area (Å²) in [6.07, 6.45) is 0. The Morgan fingerprint density at radius 2 is 1.63 bits per heavy atom. The van der Waals surface area contributed by atoms with Gasteiger partial charge in [0.05, 0.1) is 0 Å². The van der Waals surface area contributed by atoms with E-state index in [1.807, 2.05) is 13.8 Å². The van der Waals surface area contributed by atoms with Crippen molar-refractivity contribution >= 4 is 11.8 Å². The SMILES string of the molecule is Cc1cc(C)c(C(C)(C)CNC(=O)C(N)=O)cc1C. The van der Waals surface area contributed by atoms with Gasteiger partial charge in [0.2, 0.25) is 0 Å². The Morgan fingerprint density at radius 3 is 2.16 bits per heavy atom. The molecule has 19 heavy (non-hydrogen) atoms. The zero-order valence-corrected chi connectivity index (χ0v) is 12.3. The minimum Gasteiger partial charge on any atom is -0.361 e. The van der Waals surface area contributed by atoms with Crippen LogP contribution in [0.3, 0.4) is 0 Å². The molecule has 0 radical (unpaired) electrons. The van der Waals surface area contributed by atoms with Crippen LogP contribution in [0.25, 0.3) is 0 Å². The summed E-state index contributed by atoms with van der Waals surface area (Å²) in [6, 6.07) is 4.28. The maximum absolute atomic E-state index is 11.2. The van der Waals surface area contributed by atoms with Crippen molar-refractivity contribution in [2.24, 2.45) is 5.73 Å². The van der Waals surface area contributed by atoms with Crippen LogP contribution in [0.4, 0.5) is 0 Å². The van der Waals surface area contributed by atoms with Gasteiger partial charge >= 0.3 is 11.8 Å². The first-order valence-corrected chi connectivity index (χ1v) is 6.31. The van der Waals surface area contributed by atoms with Crippen molar-refractivity contribution in [3.05, 3.63) is 34.4 Å². The molecular weight excluding hydrogens is 240 g/mol. The van der Waals surface area contributed by atoms with Gasteiger partial charge in [0.25, 0.3) is 0 Å². The minimum absolute atomic E-state index is 0.256. The highest BCUT2D eigenvalue weighted by Gasteiger charge is 2.24. The lowest BCUT2D eigenvalue weighted by atomic mass is 9.80. The molecule has 0 bridgehead atoms. The van der Waals surface area contributed by atoms with Crippen molar-refractivity contribution < 1.29 is 9.59 Å². The van der Waals surface area contributed by atoms with Gasteiger partial charge in [-0.05, 0) is 43.0 Å². The van der Waals surface area contributed by atoms with Crippen molar-refractivity contribution in [3.8, 4) is 0 Å². The summed E-state index contributed by atoms with van der Waals surface area (Å²) < 4.78 is 0. The van der Waals surface area contributed by atoms with Crippen LogP contribution < -0.4 is 11.1 Å². The van der Waals surface area contributed by atoms with E-state index in [0.29, 0.717) is 6.54 Å². The molecule has 0 saturated heterocycles. The van der Waals surface area contributed by atoms with Gasteiger partial charge in [0.15, 0.2) is 0 Å². The standard InChI is InChI=1S/C15H22N2O2/c1-9-6-11(3)12(7-10(9)2)15(4,5)8-17-14(19)13(16)18/h6-7H,8H2,1-5H3,(H2,16,18)(H,17,19). The van der Waals surface area contributed by atoms with Crippen LogP contribution in [0.5, 0.6) is 0 Å². The molecule has 0 aliphatic heterocycles. The molecule has 3 N–H and O–H groups in total. The summed E-state index contributed by atoms with van der Waals surface area (Å²) in [5, 5.41) is 2.57. The summed E-state index contributed by atoms with van der Waals surface area (Å²) in [5.74, 6) is -1.69. The average molecular weight is 262 g/mol. The fraction of sp³-hybridized carbons (Fsp3) is 0.467. The van der Waals surface area contributed by atoms with E-state index in [4.69, 9.17) is 5.73 Å². The predicted molar refractivity (Wildman–Crippen MR) is 75.9 cm³/mol. The molecule has 0 aliphatic carbocycles. The first-order chi connectivity index (χ1) is 8.65. The maximum Gasteiger partial charge on any atom is 0.309 e. The summed E-state index contributed by atoms with van der Waals surface area (Å²) in [6.45, 7) is 10.6. The van der Waals surface area contributed by atoms with E-state index in [1.165, 1.54) is 22.3 Å². The topological polar surface area (TPSA) is 72.2 Å². The number of hydrogen-bond acceptors (Lipinski definition) is 2. The van der Waals surface area contributed by atoms with Crippen LogP contribution in [0.15, 0.2) is 12.1 Å². The number of aryl methyl sites for hydroxylation is 3. The fourth-order valence-corrected chi connectivity index (χ4v) is 2.17. The number of amides is 2. The highest BCUT2D eigenvalue weighted by Crippen LogP contribution is 2.28. The number of hydrogen-bond donors (Lipinski definition) is 2. The van der Waals surface area contributed by atoms with E-state index < -0.39 is 11.8 Å². The van der Waals surface area contributed by atoms with Crippen molar-refractivity contribution in [2.45, 2.75) is 40.0 Å². The lowest BCUT2D eigenvalue weighted by molar-refractivity contribution is -0.137. The van der Waals surface area contributed by atoms with Gasteiger partial charge in [-0.2, -0.15) is 0 Å². The zero-order chi connectivity index (χ0) is 14.8. The van der Waals surface area contributed by atoms with Crippen LogP contribution in [0.2, 0.25) is 0 Å². The van der Waals surface area contributed by atoms with E-state index in [-0.39, 0.29) is 5.41 Å². The average Bonchev–Trinajstić information content (AvgIpc) is 2.30. The van der Waals surface area contributed by atoms with Crippen LogP contribution >= 0.6 is 0 Å². The van der Waals surface area contributed by atoms with Gasteiger partial charge in [-0.15, -0.1) is 0 Å². The van der Waals surface area contributed by atoms with Gasteiger partial charge in [0.1, 0.15) is 0 Å². The molecule has 0 heterocycles. The van der Waals surface area contributed by atoms with Gasteiger partial charge in [0, 0.05) is 12.0 Å². The Hall–Kier alpha value is -1.84. The van der Waals surface area contributed by atoms with Crippen LogP contribution in [0.1, 0.15) is 36.1 Å². The molecule has 0 saturated carbocycles. The Balaban J connectivity index is 2.97. The molecule has 0 fully saturated rings. The molecule has 0 aromatic heterocycles. The molecule has 0 spiro atoms. The number of primary amides is 1. The smallest absolute Gasteiger partial charge is 0.309 e. The van der Waals surface area contributed by atoms with Crippen molar-refractivity contribution in [2.75, 3.05) is 6.54 Å². The summed E-state index contributed by atoms with van der Waals surface area (Å²) in [5.41, 5.74) is 9.49. The maximum atomic E-state index is 11.2. The summed E-state index contributed by atoms with van der Waals surface area (Å²) in [4.78, 5) is 22.0. The first kappa shape index (κ1) is 15.2. The van der Waals surface area contributed by atoms with Gasteiger partial charge < -0.3 is 11.1 Å². The van der Waals surface area contributed by atoms with E-state index >= 15 is 0 Å². The third-order valence-corrected chi connectivity index (χ3v) is 3.48. The molecule has 0 aliphatic rings. The molecule has 1 aromatic rings. The number of benzene rings is 1. The van der Waals surface area contributed by atoms with Crippen molar-refractivity contribution in [1.82, 2.24) is 5.32 Å². The number of carbonyl (C=O) groups excluding carboxylic acids is 2. The van der Waals surface area contributed by atoms with E-state index in [1.54, 1.807) is 0 Å². The van der Waals surface area contributed by atoms with Gasteiger partial charge in [-0.25, -0.2) is 0 Å². The lowest BCUT2D eigenvalue weighted by Gasteiger charge is -2.28. The summed E-state index contributed by atoms with van der Waals surface area (Å²) >= 11 is 0. The largest absolute Gasteiger partial charge is 0.361 e. The molecule has 4 nitrogen and oxygen atoms in total. The molecule has 2 amide bonds. The zero-order valence-electron chi connectivity index (χ0n) is 12.3. The molecule has 4 heteroatoms. The monoisotopic (exact) mass is 262 g/mol. The number of nitrogens with two attached hydrogens (primary N) is 1. The normalized spacial score (nSPS) is 11.2. The predicted octanol–water partition coefficient (Wildman–Crippen LogP) is 1.49. The molecule has 1 rings (SSSR count). The molecule has 104 valence electrons. The van der Waals surface area contributed by atoms with E-state index in [2.05, 4.69) is 38.2 Å². The number of nitrogens with one attached hydrogen (secondary N) is 1. The van der Waals surface area contributed by atoms with Crippen molar-refractivity contribution in [1.29, 1.82) is 0 Å². The Morgan fingerprint density at radius 1 is 1.11 bits per heavy atom. The fourth-order valence-electron chi connectivity index (χ4n) is 2.17. The first-order valence-electron chi connectivity index (χ1n) is 6.31. The highest BCUT2D eigenvalue weighted by molar-refractivity contribution is 6.34. The third kappa shape index (κ3) is 3.56. The third-order valence-electron chi connectivity index (χ3n) is 3.48.